The summed E-state index contributed by atoms with van der Waals surface area (Å²) in [4.78, 5) is 24.3. The third-order valence-corrected chi connectivity index (χ3v) is 3.82. The summed E-state index contributed by atoms with van der Waals surface area (Å²) in [6.45, 7) is 4.40. The monoisotopic (exact) mass is 364 g/mol. The fourth-order valence-electron chi connectivity index (χ4n) is 2.45. The lowest BCUT2D eigenvalue weighted by Crippen LogP contribution is -2.41. The van der Waals surface area contributed by atoms with Crippen molar-refractivity contribution in [3.05, 3.63) is 77.6 Å². The zero-order chi connectivity index (χ0) is 19.2. The van der Waals surface area contributed by atoms with Crippen molar-refractivity contribution in [2.75, 3.05) is 6.61 Å². The summed E-state index contributed by atoms with van der Waals surface area (Å²) in [6, 6.07) is 13.6. The first-order valence-corrected chi connectivity index (χ1v) is 8.52. The highest BCUT2D eigenvalue weighted by Crippen LogP contribution is 2.12. The van der Waals surface area contributed by atoms with E-state index < -0.39 is 11.8 Å². The summed E-state index contributed by atoms with van der Waals surface area (Å²) in [5.74, 6) is -0.127. The van der Waals surface area contributed by atoms with E-state index in [1.54, 1.807) is 59.4 Å². The Hall–Kier alpha value is -3.61. The average Bonchev–Trinajstić information content (AvgIpc) is 3.13. The quantitative estimate of drug-likeness (QED) is 0.682. The summed E-state index contributed by atoms with van der Waals surface area (Å²) < 4.78 is 7.06. The Morgan fingerprint density at radius 1 is 0.963 bits per heavy atom. The van der Waals surface area contributed by atoms with Gasteiger partial charge in [0.25, 0.3) is 11.8 Å². The molecule has 138 valence electrons. The minimum absolute atomic E-state index is 0.405. The number of benzene rings is 2. The highest BCUT2D eigenvalue weighted by molar-refractivity contribution is 5.99. The molecule has 0 radical (unpaired) electrons. The summed E-state index contributed by atoms with van der Waals surface area (Å²) in [5, 5.41) is 4.22. The standard InChI is InChI=1S/C20H20N4O3/c1-3-27-18-10-6-16(7-11-18)20(26)23-22-19(25)15-4-8-17(9-5-15)24-13-14(2)12-21-24/h4-13H,3H2,1-2H3,(H,22,25)(H,23,26). The molecule has 7 heteroatoms. The third-order valence-electron chi connectivity index (χ3n) is 3.82. The van der Waals surface area contributed by atoms with Crippen LogP contribution in [0, 0.1) is 6.92 Å². The van der Waals surface area contributed by atoms with Crippen LogP contribution in [0.1, 0.15) is 33.2 Å². The Balaban J connectivity index is 1.57. The summed E-state index contributed by atoms with van der Waals surface area (Å²) in [6.07, 6.45) is 3.66. The Kier molecular flexibility index (Phi) is 5.51. The van der Waals surface area contributed by atoms with E-state index in [9.17, 15) is 9.59 Å². The molecule has 0 atom stereocenters. The third kappa shape index (κ3) is 4.52. The van der Waals surface area contributed by atoms with Crippen LogP contribution in [0.25, 0.3) is 5.69 Å². The van der Waals surface area contributed by atoms with Gasteiger partial charge in [-0.3, -0.25) is 20.4 Å². The number of nitrogens with one attached hydrogen (secondary N) is 2. The molecule has 3 aromatic rings. The van der Waals surface area contributed by atoms with E-state index >= 15 is 0 Å². The molecule has 1 heterocycles. The van der Waals surface area contributed by atoms with E-state index in [-0.39, 0.29) is 0 Å². The van der Waals surface area contributed by atoms with E-state index in [1.165, 1.54) is 0 Å². The highest BCUT2D eigenvalue weighted by Gasteiger charge is 2.10. The maximum absolute atomic E-state index is 12.2. The minimum Gasteiger partial charge on any atom is -0.494 e. The normalized spacial score (nSPS) is 10.3. The van der Waals surface area contributed by atoms with Crippen LogP contribution in [-0.4, -0.2) is 28.2 Å². The van der Waals surface area contributed by atoms with Gasteiger partial charge in [0.15, 0.2) is 0 Å². The smallest absolute Gasteiger partial charge is 0.269 e. The van der Waals surface area contributed by atoms with Gasteiger partial charge in [0.05, 0.1) is 18.5 Å². The van der Waals surface area contributed by atoms with Gasteiger partial charge in [-0.25, -0.2) is 4.68 Å². The molecule has 0 unspecified atom stereocenters. The van der Waals surface area contributed by atoms with Gasteiger partial charge in [-0.15, -0.1) is 0 Å². The first-order valence-electron chi connectivity index (χ1n) is 8.52. The number of carbonyl (C=O) groups excluding carboxylic acids is 2. The maximum Gasteiger partial charge on any atom is 0.269 e. The fourth-order valence-corrected chi connectivity index (χ4v) is 2.45. The van der Waals surface area contributed by atoms with Crippen LogP contribution < -0.4 is 15.6 Å². The van der Waals surface area contributed by atoms with Crippen LogP contribution in [0.5, 0.6) is 5.75 Å². The van der Waals surface area contributed by atoms with E-state index in [2.05, 4.69) is 16.0 Å². The van der Waals surface area contributed by atoms with Crippen molar-refractivity contribution in [1.82, 2.24) is 20.6 Å². The number of carbonyl (C=O) groups is 2. The second-order valence-electron chi connectivity index (χ2n) is 5.87. The molecule has 0 aliphatic rings. The van der Waals surface area contributed by atoms with Crippen molar-refractivity contribution >= 4 is 11.8 Å². The molecule has 2 N–H and O–H groups in total. The van der Waals surface area contributed by atoms with Crippen molar-refractivity contribution in [2.45, 2.75) is 13.8 Å². The molecule has 0 spiro atoms. The molecule has 0 saturated carbocycles. The van der Waals surface area contributed by atoms with E-state index in [1.807, 2.05) is 20.0 Å². The maximum atomic E-state index is 12.2. The lowest BCUT2D eigenvalue weighted by molar-refractivity contribution is 0.0846. The number of hydrazine groups is 1. The van der Waals surface area contributed by atoms with Crippen LogP contribution in [0.2, 0.25) is 0 Å². The number of aromatic nitrogens is 2. The molecule has 2 aromatic carbocycles. The zero-order valence-corrected chi connectivity index (χ0v) is 15.1. The van der Waals surface area contributed by atoms with Gasteiger partial charge < -0.3 is 4.74 Å². The largest absolute Gasteiger partial charge is 0.494 e. The summed E-state index contributed by atoms with van der Waals surface area (Å²) >= 11 is 0. The highest BCUT2D eigenvalue weighted by atomic mass is 16.5. The van der Waals surface area contributed by atoms with Crippen molar-refractivity contribution in [3.63, 3.8) is 0 Å². The number of hydrogen-bond acceptors (Lipinski definition) is 4. The Morgan fingerprint density at radius 2 is 1.52 bits per heavy atom. The molecule has 3 rings (SSSR count). The zero-order valence-electron chi connectivity index (χ0n) is 15.1. The van der Waals surface area contributed by atoms with Crippen LogP contribution >= 0.6 is 0 Å². The van der Waals surface area contributed by atoms with Gasteiger partial charge in [-0.05, 0) is 67.9 Å². The van der Waals surface area contributed by atoms with Crippen molar-refractivity contribution in [2.24, 2.45) is 0 Å². The first kappa shape index (κ1) is 18.2. The Bertz CT molecular complexity index is 931. The molecule has 27 heavy (non-hydrogen) atoms. The molecule has 0 fully saturated rings. The van der Waals surface area contributed by atoms with Crippen molar-refractivity contribution in [3.8, 4) is 11.4 Å². The topological polar surface area (TPSA) is 85.3 Å². The van der Waals surface area contributed by atoms with Crippen LogP contribution in [0.15, 0.2) is 60.9 Å². The summed E-state index contributed by atoms with van der Waals surface area (Å²) in [7, 11) is 0. The minimum atomic E-state index is -0.407. The lowest BCUT2D eigenvalue weighted by atomic mass is 10.2. The number of amides is 2. The van der Waals surface area contributed by atoms with E-state index in [4.69, 9.17) is 4.74 Å². The van der Waals surface area contributed by atoms with Gasteiger partial charge in [-0.2, -0.15) is 5.10 Å². The number of ether oxygens (including phenoxy) is 1. The Labute approximate surface area is 156 Å². The molecular weight excluding hydrogens is 344 g/mol. The number of hydrogen-bond donors (Lipinski definition) is 2. The number of rotatable bonds is 5. The van der Waals surface area contributed by atoms with Gasteiger partial charge in [0.2, 0.25) is 0 Å². The second kappa shape index (κ2) is 8.18. The number of nitrogens with zero attached hydrogens (tertiary/aromatic N) is 2. The first-order chi connectivity index (χ1) is 13.1. The van der Waals surface area contributed by atoms with Crippen LogP contribution in [-0.2, 0) is 0 Å². The van der Waals surface area contributed by atoms with Gasteiger partial charge >= 0.3 is 0 Å². The molecule has 0 bridgehead atoms. The van der Waals surface area contributed by atoms with Gasteiger partial charge in [0, 0.05) is 17.3 Å². The van der Waals surface area contributed by atoms with Crippen LogP contribution in [0.3, 0.4) is 0 Å². The van der Waals surface area contributed by atoms with E-state index in [0.717, 1.165) is 11.3 Å². The molecular formula is C20H20N4O3. The predicted molar refractivity (Wildman–Crippen MR) is 101 cm³/mol. The average molecular weight is 364 g/mol. The molecule has 2 amide bonds. The van der Waals surface area contributed by atoms with Gasteiger partial charge in [-0.1, -0.05) is 0 Å². The SMILES string of the molecule is CCOc1ccc(C(=O)NNC(=O)c2ccc(-n3cc(C)cn3)cc2)cc1. The second-order valence-corrected chi connectivity index (χ2v) is 5.87. The van der Waals surface area contributed by atoms with Crippen LogP contribution in [0.4, 0.5) is 0 Å². The molecule has 0 aliphatic carbocycles. The van der Waals surface area contributed by atoms with Gasteiger partial charge in [0.1, 0.15) is 5.75 Å². The molecule has 1 aromatic heterocycles. The Morgan fingerprint density at radius 3 is 2.00 bits per heavy atom. The fraction of sp³-hybridized carbons (Fsp3) is 0.150. The molecule has 7 nitrogen and oxygen atoms in total. The number of aryl methyl sites for hydroxylation is 1. The predicted octanol–water partition coefficient (Wildman–Crippen LogP) is 2.65. The molecule has 0 saturated heterocycles. The summed E-state index contributed by atoms with van der Waals surface area (Å²) in [5.41, 5.74) is 7.55. The van der Waals surface area contributed by atoms with Crippen molar-refractivity contribution in [1.29, 1.82) is 0 Å². The van der Waals surface area contributed by atoms with Crippen molar-refractivity contribution < 1.29 is 14.3 Å². The van der Waals surface area contributed by atoms with E-state index in [0.29, 0.717) is 23.5 Å². The molecule has 0 aliphatic heterocycles. The lowest BCUT2D eigenvalue weighted by Gasteiger charge is -2.09.